The van der Waals surface area contributed by atoms with Crippen LogP contribution in [0, 0.1) is 0 Å². The highest BCUT2D eigenvalue weighted by Gasteiger charge is 2.16. The summed E-state index contributed by atoms with van der Waals surface area (Å²) in [6, 6.07) is 17.8. The van der Waals surface area contributed by atoms with Crippen molar-refractivity contribution in [3.63, 3.8) is 0 Å². The lowest BCUT2D eigenvalue weighted by Crippen LogP contribution is -2.14. The Hall–Kier alpha value is -3.63. The van der Waals surface area contributed by atoms with Crippen molar-refractivity contribution in [2.45, 2.75) is 11.8 Å². The molecule has 2 N–H and O–H groups in total. The Morgan fingerprint density at radius 1 is 1.03 bits per heavy atom. The van der Waals surface area contributed by atoms with E-state index in [-0.39, 0.29) is 10.8 Å². The van der Waals surface area contributed by atoms with Crippen molar-refractivity contribution in [1.82, 2.24) is 4.98 Å². The fourth-order valence-corrected chi connectivity index (χ4v) is 5.01. The first-order chi connectivity index (χ1) is 15.9. The SMILES string of the molecule is CCOc1cccc2sc(NC(=O)c3ccc(NS(=O)(=O)c4ccc(OC)cc4)cc3)nc12. The van der Waals surface area contributed by atoms with Gasteiger partial charge in [0.2, 0.25) is 0 Å². The third kappa shape index (κ3) is 5.07. The van der Waals surface area contributed by atoms with Gasteiger partial charge in [-0.2, -0.15) is 0 Å². The number of benzene rings is 3. The van der Waals surface area contributed by atoms with Gasteiger partial charge >= 0.3 is 0 Å². The van der Waals surface area contributed by atoms with Gasteiger partial charge in [0.05, 0.1) is 23.3 Å². The molecule has 0 aliphatic carbocycles. The van der Waals surface area contributed by atoms with E-state index in [1.165, 1.54) is 42.7 Å². The Morgan fingerprint density at radius 2 is 1.76 bits per heavy atom. The minimum absolute atomic E-state index is 0.104. The summed E-state index contributed by atoms with van der Waals surface area (Å²) in [6.07, 6.45) is 0. The first kappa shape index (κ1) is 22.6. The molecule has 1 heterocycles. The summed E-state index contributed by atoms with van der Waals surface area (Å²) in [5.41, 5.74) is 1.40. The third-order valence-electron chi connectivity index (χ3n) is 4.67. The van der Waals surface area contributed by atoms with Gasteiger partial charge in [-0.3, -0.25) is 14.8 Å². The van der Waals surface area contributed by atoms with Crippen LogP contribution in [0.3, 0.4) is 0 Å². The first-order valence-corrected chi connectivity index (χ1v) is 12.3. The first-order valence-electron chi connectivity index (χ1n) is 10.0. The van der Waals surface area contributed by atoms with Crippen LogP contribution >= 0.6 is 11.3 Å². The normalized spacial score (nSPS) is 11.2. The van der Waals surface area contributed by atoms with Crippen molar-refractivity contribution in [2.24, 2.45) is 0 Å². The molecule has 1 amide bonds. The number of hydrogen-bond donors (Lipinski definition) is 2. The second-order valence-electron chi connectivity index (χ2n) is 6.87. The van der Waals surface area contributed by atoms with Crippen LogP contribution in [0.15, 0.2) is 71.6 Å². The molecule has 4 aromatic rings. The smallest absolute Gasteiger partial charge is 0.261 e. The van der Waals surface area contributed by atoms with Gasteiger partial charge in [-0.25, -0.2) is 13.4 Å². The highest BCUT2D eigenvalue weighted by atomic mass is 32.2. The molecule has 0 fully saturated rings. The summed E-state index contributed by atoms with van der Waals surface area (Å²) < 4.78 is 39.2. The van der Waals surface area contributed by atoms with Gasteiger partial charge in [0.1, 0.15) is 17.0 Å². The minimum atomic E-state index is -3.77. The number of amides is 1. The van der Waals surface area contributed by atoms with Gasteiger partial charge in [-0.05, 0) is 67.6 Å². The van der Waals surface area contributed by atoms with Gasteiger partial charge in [-0.15, -0.1) is 0 Å². The zero-order chi connectivity index (χ0) is 23.4. The Morgan fingerprint density at radius 3 is 2.42 bits per heavy atom. The molecular weight excluding hydrogens is 462 g/mol. The topological polar surface area (TPSA) is 107 Å². The maximum atomic E-state index is 12.7. The molecule has 8 nitrogen and oxygen atoms in total. The molecule has 0 unspecified atom stereocenters. The van der Waals surface area contributed by atoms with E-state index in [4.69, 9.17) is 9.47 Å². The van der Waals surface area contributed by atoms with E-state index in [1.807, 2.05) is 25.1 Å². The van der Waals surface area contributed by atoms with E-state index in [9.17, 15) is 13.2 Å². The molecule has 0 bridgehead atoms. The van der Waals surface area contributed by atoms with Crippen molar-refractivity contribution in [2.75, 3.05) is 23.8 Å². The van der Waals surface area contributed by atoms with E-state index in [2.05, 4.69) is 15.0 Å². The van der Waals surface area contributed by atoms with Crippen LogP contribution in [-0.2, 0) is 10.0 Å². The predicted octanol–water partition coefficient (Wildman–Crippen LogP) is 4.76. The summed E-state index contributed by atoms with van der Waals surface area (Å²) in [5.74, 6) is 0.878. The second kappa shape index (κ2) is 9.47. The average molecular weight is 484 g/mol. The average Bonchev–Trinajstić information content (AvgIpc) is 3.23. The molecular formula is C23H21N3O5S2. The van der Waals surface area contributed by atoms with E-state index in [0.717, 1.165) is 4.70 Å². The van der Waals surface area contributed by atoms with E-state index < -0.39 is 10.0 Å². The molecule has 0 aliphatic rings. The largest absolute Gasteiger partial charge is 0.497 e. The number of aromatic nitrogens is 1. The summed E-state index contributed by atoms with van der Waals surface area (Å²) in [5, 5.41) is 3.23. The Balaban J connectivity index is 1.46. The molecule has 0 radical (unpaired) electrons. The van der Waals surface area contributed by atoms with Gasteiger partial charge in [0, 0.05) is 11.3 Å². The van der Waals surface area contributed by atoms with Crippen LogP contribution in [0.4, 0.5) is 10.8 Å². The fraction of sp³-hybridized carbons (Fsp3) is 0.130. The number of anilines is 2. The van der Waals surface area contributed by atoms with E-state index in [1.54, 1.807) is 24.3 Å². The number of methoxy groups -OCH3 is 1. The quantitative estimate of drug-likeness (QED) is 0.374. The van der Waals surface area contributed by atoms with Crippen molar-refractivity contribution >= 4 is 48.3 Å². The number of carbonyl (C=O) groups excluding carboxylic acids is 1. The molecule has 0 atom stereocenters. The Bertz CT molecular complexity index is 1380. The summed E-state index contributed by atoms with van der Waals surface area (Å²) in [6.45, 7) is 2.42. The number of carbonyl (C=O) groups is 1. The van der Waals surface area contributed by atoms with E-state index >= 15 is 0 Å². The highest BCUT2D eigenvalue weighted by Crippen LogP contribution is 2.32. The molecule has 0 spiro atoms. The van der Waals surface area contributed by atoms with Crippen molar-refractivity contribution in [3.8, 4) is 11.5 Å². The monoisotopic (exact) mass is 483 g/mol. The molecule has 0 aliphatic heterocycles. The fourth-order valence-electron chi connectivity index (χ4n) is 3.08. The van der Waals surface area contributed by atoms with Crippen LogP contribution in [0.25, 0.3) is 10.2 Å². The van der Waals surface area contributed by atoms with Crippen molar-refractivity contribution < 1.29 is 22.7 Å². The van der Waals surface area contributed by atoms with E-state index in [0.29, 0.717) is 40.0 Å². The number of sulfonamides is 1. The Labute approximate surface area is 195 Å². The molecule has 4 rings (SSSR count). The van der Waals surface area contributed by atoms with Crippen LogP contribution < -0.4 is 19.5 Å². The zero-order valence-electron chi connectivity index (χ0n) is 17.9. The standard InChI is InChI=1S/C23H21N3O5S2/c1-3-31-19-5-4-6-20-21(19)24-23(32-20)25-22(27)15-7-9-16(10-8-15)26-33(28,29)18-13-11-17(30-2)12-14-18/h4-14,26H,3H2,1-2H3,(H,24,25,27). The Kier molecular flexibility index (Phi) is 6.47. The van der Waals surface area contributed by atoms with Gasteiger partial charge in [0.15, 0.2) is 5.13 Å². The molecule has 170 valence electrons. The lowest BCUT2D eigenvalue weighted by molar-refractivity contribution is 0.102. The second-order valence-corrected chi connectivity index (χ2v) is 9.58. The maximum absolute atomic E-state index is 12.7. The number of fused-ring (bicyclic) bond motifs is 1. The number of hydrogen-bond acceptors (Lipinski definition) is 7. The number of nitrogens with one attached hydrogen (secondary N) is 2. The van der Waals surface area contributed by atoms with Crippen LogP contribution in [0.5, 0.6) is 11.5 Å². The predicted molar refractivity (Wildman–Crippen MR) is 129 cm³/mol. The lowest BCUT2D eigenvalue weighted by atomic mass is 10.2. The molecule has 0 saturated carbocycles. The van der Waals surface area contributed by atoms with Gasteiger partial charge in [0.25, 0.3) is 15.9 Å². The number of ether oxygens (including phenoxy) is 2. The number of thiazole rings is 1. The minimum Gasteiger partial charge on any atom is -0.497 e. The molecule has 10 heteroatoms. The van der Waals surface area contributed by atoms with Gasteiger partial charge < -0.3 is 9.47 Å². The summed E-state index contributed by atoms with van der Waals surface area (Å²) >= 11 is 1.35. The number of rotatable bonds is 8. The molecule has 0 saturated heterocycles. The van der Waals surface area contributed by atoms with Gasteiger partial charge in [-0.1, -0.05) is 17.4 Å². The molecule has 3 aromatic carbocycles. The van der Waals surface area contributed by atoms with Crippen molar-refractivity contribution in [3.05, 3.63) is 72.3 Å². The lowest BCUT2D eigenvalue weighted by Gasteiger charge is -2.09. The summed E-state index contributed by atoms with van der Waals surface area (Å²) in [7, 11) is -2.26. The van der Waals surface area contributed by atoms with Crippen LogP contribution in [0.1, 0.15) is 17.3 Å². The third-order valence-corrected chi connectivity index (χ3v) is 7.00. The molecule has 1 aromatic heterocycles. The van der Waals surface area contributed by atoms with Crippen molar-refractivity contribution in [1.29, 1.82) is 0 Å². The van der Waals surface area contributed by atoms with Crippen LogP contribution in [0.2, 0.25) is 0 Å². The number of para-hydroxylation sites is 1. The zero-order valence-corrected chi connectivity index (χ0v) is 19.5. The number of nitrogens with zero attached hydrogens (tertiary/aromatic N) is 1. The highest BCUT2D eigenvalue weighted by molar-refractivity contribution is 7.92. The molecule has 33 heavy (non-hydrogen) atoms. The van der Waals surface area contributed by atoms with Crippen LogP contribution in [-0.4, -0.2) is 33.0 Å². The summed E-state index contributed by atoms with van der Waals surface area (Å²) in [4.78, 5) is 17.2. The maximum Gasteiger partial charge on any atom is 0.261 e.